The van der Waals surface area contributed by atoms with Crippen LogP contribution < -0.4 is 10.6 Å². The Bertz CT molecular complexity index is 536. The molecule has 1 aliphatic heterocycles. The van der Waals surface area contributed by atoms with Crippen molar-refractivity contribution in [2.75, 3.05) is 10.6 Å². The number of carbonyl (C=O) groups excluding carboxylic acids is 2. The Balaban J connectivity index is 2.52. The summed E-state index contributed by atoms with van der Waals surface area (Å²) < 4.78 is 0. The molecule has 0 aliphatic carbocycles. The second-order valence-corrected chi connectivity index (χ2v) is 4.41. The SMILES string of the molecule is Nc1ccc(N2C(=O)CCCCC2=O)c(C(=O)O)c1. The van der Waals surface area contributed by atoms with Crippen molar-refractivity contribution in [3.05, 3.63) is 23.8 Å². The molecule has 0 aromatic heterocycles. The maximum atomic E-state index is 12.0. The van der Waals surface area contributed by atoms with Crippen molar-refractivity contribution in [1.82, 2.24) is 0 Å². The summed E-state index contributed by atoms with van der Waals surface area (Å²) >= 11 is 0. The molecule has 1 aliphatic rings. The number of carboxylic acid groups (broad SMARTS) is 1. The zero-order chi connectivity index (χ0) is 14.0. The number of rotatable bonds is 2. The lowest BCUT2D eigenvalue weighted by Crippen LogP contribution is -2.36. The summed E-state index contributed by atoms with van der Waals surface area (Å²) in [6.45, 7) is 0. The summed E-state index contributed by atoms with van der Waals surface area (Å²) in [4.78, 5) is 36.1. The number of imide groups is 1. The number of hydrogen-bond acceptors (Lipinski definition) is 4. The first-order valence-corrected chi connectivity index (χ1v) is 5.99. The molecular formula is C13H14N2O4. The molecule has 1 aromatic carbocycles. The van der Waals surface area contributed by atoms with E-state index in [4.69, 9.17) is 10.8 Å². The Morgan fingerprint density at radius 3 is 2.26 bits per heavy atom. The van der Waals surface area contributed by atoms with Gasteiger partial charge in [0.1, 0.15) is 0 Å². The van der Waals surface area contributed by atoms with Gasteiger partial charge < -0.3 is 10.8 Å². The van der Waals surface area contributed by atoms with Gasteiger partial charge in [0.15, 0.2) is 0 Å². The highest BCUT2D eigenvalue weighted by Crippen LogP contribution is 2.27. The van der Waals surface area contributed by atoms with Gasteiger partial charge in [0.05, 0.1) is 11.3 Å². The molecule has 0 spiro atoms. The summed E-state index contributed by atoms with van der Waals surface area (Å²) in [5.74, 6) is -1.95. The van der Waals surface area contributed by atoms with Crippen molar-refractivity contribution < 1.29 is 19.5 Å². The van der Waals surface area contributed by atoms with Crippen LogP contribution in [0.4, 0.5) is 11.4 Å². The summed E-state index contributed by atoms with van der Waals surface area (Å²) in [7, 11) is 0. The van der Waals surface area contributed by atoms with Crippen LogP contribution in [0, 0.1) is 0 Å². The van der Waals surface area contributed by atoms with Gasteiger partial charge in [-0.3, -0.25) is 9.59 Å². The molecule has 0 radical (unpaired) electrons. The first-order valence-electron chi connectivity index (χ1n) is 5.99. The Kier molecular flexibility index (Phi) is 3.50. The van der Waals surface area contributed by atoms with E-state index in [-0.39, 0.29) is 41.6 Å². The molecule has 100 valence electrons. The van der Waals surface area contributed by atoms with Gasteiger partial charge >= 0.3 is 5.97 Å². The van der Waals surface area contributed by atoms with Gasteiger partial charge in [0.2, 0.25) is 11.8 Å². The quantitative estimate of drug-likeness (QED) is 0.619. The Labute approximate surface area is 109 Å². The summed E-state index contributed by atoms with van der Waals surface area (Å²) in [6.07, 6.45) is 1.77. The van der Waals surface area contributed by atoms with E-state index in [2.05, 4.69) is 0 Å². The molecule has 0 atom stereocenters. The van der Waals surface area contributed by atoms with Crippen LogP contribution in [0.15, 0.2) is 18.2 Å². The third kappa shape index (κ3) is 2.57. The molecule has 0 bridgehead atoms. The average Bonchev–Trinajstić information content (AvgIpc) is 2.51. The molecule has 0 saturated carbocycles. The highest BCUT2D eigenvalue weighted by Gasteiger charge is 2.28. The van der Waals surface area contributed by atoms with E-state index in [1.54, 1.807) is 0 Å². The fourth-order valence-electron chi connectivity index (χ4n) is 2.10. The van der Waals surface area contributed by atoms with Crippen LogP contribution in [0.3, 0.4) is 0 Å². The van der Waals surface area contributed by atoms with Crippen molar-refractivity contribution in [1.29, 1.82) is 0 Å². The molecule has 6 heteroatoms. The lowest BCUT2D eigenvalue weighted by molar-refractivity contribution is -0.125. The second kappa shape index (κ2) is 5.09. The number of aromatic carboxylic acids is 1. The van der Waals surface area contributed by atoms with Crippen LogP contribution in [0.5, 0.6) is 0 Å². The normalized spacial score (nSPS) is 16.3. The molecule has 1 saturated heterocycles. The van der Waals surface area contributed by atoms with Crippen molar-refractivity contribution in [3.63, 3.8) is 0 Å². The maximum absolute atomic E-state index is 12.0. The fourth-order valence-corrected chi connectivity index (χ4v) is 2.10. The summed E-state index contributed by atoms with van der Waals surface area (Å²) in [6, 6.07) is 4.14. The standard InChI is InChI=1S/C13H14N2O4/c14-8-5-6-10(9(7-8)13(18)19)15-11(16)3-1-2-4-12(15)17/h5-7H,1-4,14H2,(H,18,19). The number of anilines is 2. The average molecular weight is 262 g/mol. The van der Waals surface area contributed by atoms with Gasteiger partial charge in [0, 0.05) is 18.5 Å². The molecule has 3 N–H and O–H groups in total. The summed E-state index contributed by atoms with van der Waals surface area (Å²) in [5, 5.41) is 9.16. The second-order valence-electron chi connectivity index (χ2n) is 4.41. The largest absolute Gasteiger partial charge is 0.478 e. The lowest BCUT2D eigenvalue weighted by Gasteiger charge is -2.20. The van der Waals surface area contributed by atoms with Gasteiger partial charge in [-0.25, -0.2) is 9.69 Å². The Morgan fingerprint density at radius 2 is 1.74 bits per heavy atom. The predicted molar refractivity (Wildman–Crippen MR) is 68.8 cm³/mol. The number of amides is 2. The number of carbonyl (C=O) groups is 3. The van der Waals surface area contributed by atoms with E-state index >= 15 is 0 Å². The van der Waals surface area contributed by atoms with Crippen LogP contribution in [-0.2, 0) is 9.59 Å². The third-order valence-corrected chi connectivity index (χ3v) is 3.02. The molecule has 0 unspecified atom stereocenters. The minimum Gasteiger partial charge on any atom is -0.478 e. The molecule has 2 rings (SSSR count). The molecule has 1 aromatic rings. The predicted octanol–water partition coefficient (Wildman–Crippen LogP) is 1.40. The number of nitrogens with two attached hydrogens (primary N) is 1. The van der Waals surface area contributed by atoms with E-state index in [1.807, 2.05) is 0 Å². The first-order chi connectivity index (χ1) is 9.00. The van der Waals surface area contributed by atoms with E-state index in [0.29, 0.717) is 12.8 Å². The van der Waals surface area contributed by atoms with Crippen molar-refractivity contribution in [2.45, 2.75) is 25.7 Å². The first kappa shape index (κ1) is 13.1. The van der Waals surface area contributed by atoms with E-state index in [1.165, 1.54) is 18.2 Å². The van der Waals surface area contributed by atoms with Gasteiger partial charge in [-0.15, -0.1) is 0 Å². The monoisotopic (exact) mass is 262 g/mol. The highest BCUT2D eigenvalue weighted by atomic mass is 16.4. The van der Waals surface area contributed by atoms with E-state index < -0.39 is 5.97 Å². The molecule has 2 amide bonds. The van der Waals surface area contributed by atoms with Crippen LogP contribution in [0.1, 0.15) is 36.0 Å². The maximum Gasteiger partial charge on any atom is 0.337 e. The van der Waals surface area contributed by atoms with Gasteiger partial charge in [-0.1, -0.05) is 0 Å². The number of nitrogens with zero attached hydrogens (tertiary/aromatic N) is 1. The molecule has 19 heavy (non-hydrogen) atoms. The van der Waals surface area contributed by atoms with Gasteiger partial charge in [-0.05, 0) is 31.0 Å². The smallest absolute Gasteiger partial charge is 0.337 e. The topological polar surface area (TPSA) is 101 Å². The van der Waals surface area contributed by atoms with E-state index in [9.17, 15) is 14.4 Å². The molecule has 6 nitrogen and oxygen atoms in total. The minimum atomic E-state index is -1.22. The van der Waals surface area contributed by atoms with Crippen LogP contribution in [0.2, 0.25) is 0 Å². The van der Waals surface area contributed by atoms with Crippen LogP contribution in [0.25, 0.3) is 0 Å². The zero-order valence-corrected chi connectivity index (χ0v) is 10.3. The Hall–Kier alpha value is -2.37. The molecular weight excluding hydrogens is 248 g/mol. The minimum absolute atomic E-state index is 0.0959. The molecule has 1 heterocycles. The van der Waals surface area contributed by atoms with Crippen molar-refractivity contribution >= 4 is 29.2 Å². The number of nitrogen functional groups attached to an aromatic ring is 1. The fraction of sp³-hybridized carbons (Fsp3) is 0.308. The Morgan fingerprint density at radius 1 is 1.16 bits per heavy atom. The third-order valence-electron chi connectivity index (χ3n) is 3.02. The number of carboxylic acids is 1. The summed E-state index contributed by atoms with van der Waals surface area (Å²) in [5.41, 5.74) is 5.78. The van der Waals surface area contributed by atoms with Crippen molar-refractivity contribution in [3.8, 4) is 0 Å². The highest BCUT2D eigenvalue weighted by molar-refractivity contribution is 6.18. The van der Waals surface area contributed by atoms with Gasteiger partial charge in [-0.2, -0.15) is 0 Å². The number of benzene rings is 1. The van der Waals surface area contributed by atoms with Crippen LogP contribution >= 0.6 is 0 Å². The zero-order valence-electron chi connectivity index (χ0n) is 10.3. The molecule has 1 fully saturated rings. The van der Waals surface area contributed by atoms with Crippen molar-refractivity contribution in [2.24, 2.45) is 0 Å². The van der Waals surface area contributed by atoms with Crippen LogP contribution in [-0.4, -0.2) is 22.9 Å². The lowest BCUT2D eigenvalue weighted by atomic mass is 10.1. The van der Waals surface area contributed by atoms with Gasteiger partial charge in [0.25, 0.3) is 0 Å². The van der Waals surface area contributed by atoms with E-state index in [0.717, 1.165) is 4.90 Å². The number of hydrogen-bond donors (Lipinski definition) is 2.